The zero-order valence-corrected chi connectivity index (χ0v) is 20.7. The van der Waals surface area contributed by atoms with Crippen molar-refractivity contribution in [1.29, 1.82) is 5.26 Å². The molecule has 5 rings (SSSR count). The number of fused-ring (bicyclic) bond motifs is 1. The summed E-state index contributed by atoms with van der Waals surface area (Å²) in [5, 5.41) is 28.1. The van der Waals surface area contributed by atoms with Crippen LogP contribution in [0.5, 0.6) is 11.6 Å². The van der Waals surface area contributed by atoms with Crippen LogP contribution in [0.3, 0.4) is 0 Å². The van der Waals surface area contributed by atoms with Gasteiger partial charge in [0.1, 0.15) is 17.4 Å². The maximum Gasteiger partial charge on any atom is 0.271 e. The van der Waals surface area contributed by atoms with E-state index in [4.69, 9.17) is 15.2 Å². The number of nitriles is 1. The highest BCUT2D eigenvalue weighted by atomic mass is 16.6. The monoisotopic (exact) mass is 522 g/mol. The Hall–Kier alpha value is -5.63. The highest BCUT2D eigenvalue weighted by molar-refractivity contribution is 5.92. The molecule has 0 fully saturated rings. The summed E-state index contributed by atoms with van der Waals surface area (Å²) in [7, 11) is 0. The molecule has 3 aromatic carbocycles. The van der Waals surface area contributed by atoms with E-state index in [1.54, 1.807) is 35.0 Å². The van der Waals surface area contributed by atoms with Crippen LogP contribution in [-0.4, -0.2) is 27.2 Å². The Kier molecular flexibility index (Phi) is 6.67. The largest absolute Gasteiger partial charge is 0.484 e. The molecule has 4 aromatic rings. The first-order valence-corrected chi connectivity index (χ1v) is 11.9. The van der Waals surface area contributed by atoms with Gasteiger partial charge in [-0.1, -0.05) is 36.4 Å². The molecule has 3 N–H and O–H groups in total. The van der Waals surface area contributed by atoms with E-state index in [0.717, 1.165) is 16.8 Å². The lowest BCUT2D eigenvalue weighted by Crippen LogP contribution is -2.22. The first-order chi connectivity index (χ1) is 18.9. The average Bonchev–Trinajstić information content (AvgIpc) is 3.27. The third-order valence-corrected chi connectivity index (χ3v) is 6.16. The number of anilines is 1. The number of non-ortho nitro benzene ring substituents is 1. The van der Waals surface area contributed by atoms with Crippen molar-refractivity contribution in [2.24, 2.45) is 5.73 Å². The fourth-order valence-corrected chi connectivity index (χ4v) is 4.39. The van der Waals surface area contributed by atoms with Crippen molar-refractivity contribution in [2.75, 3.05) is 11.9 Å². The molecule has 0 aliphatic carbocycles. The summed E-state index contributed by atoms with van der Waals surface area (Å²) in [6, 6.07) is 24.2. The van der Waals surface area contributed by atoms with Crippen molar-refractivity contribution in [2.45, 2.75) is 12.8 Å². The molecule has 39 heavy (non-hydrogen) atoms. The minimum Gasteiger partial charge on any atom is -0.484 e. The maximum atomic E-state index is 12.3. The number of amides is 1. The van der Waals surface area contributed by atoms with Gasteiger partial charge in [0.15, 0.2) is 6.61 Å². The number of rotatable bonds is 7. The summed E-state index contributed by atoms with van der Waals surface area (Å²) < 4.78 is 13.1. The topological polar surface area (TPSA) is 158 Å². The van der Waals surface area contributed by atoms with E-state index in [1.807, 2.05) is 37.3 Å². The Labute approximate surface area is 222 Å². The lowest BCUT2D eigenvalue weighted by Gasteiger charge is -2.25. The molecular formula is C28H22N6O5. The first kappa shape index (κ1) is 25.0. The highest BCUT2D eigenvalue weighted by Crippen LogP contribution is 2.44. The number of aryl methyl sites for hydroxylation is 1. The molecule has 2 heterocycles. The van der Waals surface area contributed by atoms with Crippen molar-refractivity contribution >= 4 is 17.3 Å². The van der Waals surface area contributed by atoms with Gasteiger partial charge in [-0.15, -0.1) is 0 Å². The molecule has 1 amide bonds. The zero-order valence-electron chi connectivity index (χ0n) is 20.7. The number of carbonyl (C=O) groups excluding carboxylic acids is 1. The molecule has 0 spiro atoms. The number of nitrogens with zero attached hydrogens (tertiary/aromatic N) is 4. The van der Waals surface area contributed by atoms with Gasteiger partial charge in [0.2, 0.25) is 11.8 Å². The molecule has 11 heteroatoms. The number of para-hydroxylation sites is 1. The van der Waals surface area contributed by atoms with E-state index in [9.17, 15) is 20.2 Å². The van der Waals surface area contributed by atoms with Gasteiger partial charge in [0, 0.05) is 17.8 Å². The number of nitrogens with two attached hydrogens (primary N) is 1. The van der Waals surface area contributed by atoms with Crippen LogP contribution in [0.15, 0.2) is 90.3 Å². The molecule has 1 aliphatic rings. The smallest absolute Gasteiger partial charge is 0.271 e. The van der Waals surface area contributed by atoms with E-state index < -0.39 is 16.7 Å². The predicted molar refractivity (Wildman–Crippen MR) is 141 cm³/mol. The maximum absolute atomic E-state index is 12.3. The third kappa shape index (κ3) is 4.99. The number of ether oxygens (including phenoxy) is 2. The van der Waals surface area contributed by atoms with Crippen molar-refractivity contribution in [3.63, 3.8) is 0 Å². The first-order valence-electron chi connectivity index (χ1n) is 11.9. The second-order valence-corrected chi connectivity index (χ2v) is 8.69. The predicted octanol–water partition coefficient (Wildman–Crippen LogP) is 4.32. The average molecular weight is 523 g/mol. The van der Waals surface area contributed by atoms with Crippen LogP contribution >= 0.6 is 0 Å². The van der Waals surface area contributed by atoms with Gasteiger partial charge in [-0.3, -0.25) is 14.9 Å². The van der Waals surface area contributed by atoms with Crippen LogP contribution in [0.1, 0.15) is 22.7 Å². The second kappa shape index (κ2) is 10.4. The van der Waals surface area contributed by atoms with Gasteiger partial charge < -0.3 is 20.5 Å². The Morgan fingerprint density at radius 1 is 1.18 bits per heavy atom. The van der Waals surface area contributed by atoms with Gasteiger partial charge in [0.05, 0.1) is 27.8 Å². The Balaban J connectivity index is 1.35. The molecular weight excluding hydrogens is 500 g/mol. The van der Waals surface area contributed by atoms with Gasteiger partial charge >= 0.3 is 0 Å². The summed E-state index contributed by atoms with van der Waals surface area (Å²) in [6.07, 6.45) is 0. The van der Waals surface area contributed by atoms with Gasteiger partial charge in [-0.05, 0) is 42.8 Å². The lowest BCUT2D eigenvalue weighted by atomic mass is 9.84. The van der Waals surface area contributed by atoms with Crippen molar-refractivity contribution in [3.8, 4) is 23.4 Å². The Bertz CT molecular complexity index is 1640. The van der Waals surface area contributed by atoms with E-state index in [1.165, 1.54) is 18.2 Å². The number of carbonyl (C=O) groups is 1. The number of aromatic nitrogens is 2. The van der Waals surface area contributed by atoms with Crippen LogP contribution in [0.25, 0.3) is 5.69 Å². The Morgan fingerprint density at radius 2 is 1.92 bits per heavy atom. The van der Waals surface area contributed by atoms with Crippen LogP contribution in [-0.2, 0) is 4.79 Å². The molecule has 0 bridgehead atoms. The van der Waals surface area contributed by atoms with Crippen LogP contribution in [0, 0.1) is 28.4 Å². The number of nitro groups is 1. The standard InChI is InChI=1S/C28H22N6O5/c1-17-25-26(23(15-29)27(30)39-28(25)33(32-17)20-7-3-2-4-8-20)18-10-12-22(13-11-18)38-16-24(35)31-19-6-5-9-21(14-19)34(36)37/h2-14,26H,16,30H2,1H3,(H,31,35). The number of allylic oxidation sites excluding steroid dienone is 1. The number of hydrogen-bond donors (Lipinski definition) is 2. The fourth-order valence-electron chi connectivity index (χ4n) is 4.39. The molecule has 1 aliphatic heterocycles. The minimum atomic E-state index is -0.538. The fraction of sp³-hybridized carbons (Fsp3) is 0.107. The molecule has 11 nitrogen and oxygen atoms in total. The number of benzene rings is 3. The molecule has 194 valence electrons. The zero-order chi connectivity index (χ0) is 27.5. The van der Waals surface area contributed by atoms with Crippen LogP contribution in [0.4, 0.5) is 11.4 Å². The van der Waals surface area contributed by atoms with Crippen molar-refractivity contribution in [1.82, 2.24) is 9.78 Å². The summed E-state index contributed by atoms with van der Waals surface area (Å²) in [5.41, 5.74) is 9.59. The van der Waals surface area contributed by atoms with E-state index in [-0.39, 0.29) is 23.8 Å². The van der Waals surface area contributed by atoms with Crippen LogP contribution in [0.2, 0.25) is 0 Å². The third-order valence-electron chi connectivity index (χ3n) is 6.16. The normalized spacial score (nSPS) is 14.1. The summed E-state index contributed by atoms with van der Waals surface area (Å²) in [6.45, 7) is 1.55. The number of nitro benzene ring substituents is 1. The number of nitrogens with one attached hydrogen (secondary N) is 1. The second-order valence-electron chi connectivity index (χ2n) is 8.69. The SMILES string of the molecule is Cc1nn(-c2ccccc2)c2c1C(c1ccc(OCC(=O)Nc3cccc([N+](=O)[O-])c3)cc1)C(C#N)=C(N)O2. The van der Waals surface area contributed by atoms with Crippen molar-refractivity contribution < 1.29 is 19.2 Å². The molecule has 0 saturated carbocycles. The van der Waals surface area contributed by atoms with Crippen molar-refractivity contribution in [3.05, 3.63) is 117 Å². The molecule has 0 saturated heterocycles. The molecule has 1 aromatic heterocycles. The van der Waals surface area contributed by atoms with Gasteiger partial charge in [-0.2, -0.15) is 10.4 Å². The van der Waals surface area contributed by atoms with Crippen LogP contribution < -0.4 is 20.5 Å². The summed E-state index contributed by atoms with van der Waals surface area (Å²) in [4.78, 5) is 22.7. The van der Waals surface area contributed by atoms with E-state index >= 15 is 0 Å². The van der Waals surface area contributed by atoms with E-state index in [0.29, 0.717) is 23.0 Å². The molecule has 1 atom stereocenters. The minimum absolute atomic E-state index is 0.00484. The number of hydrogen-bond acceptors (Lipinski definition) is 8. The van der Waals surface area contributed by atoms with Gasteiger partial charge in [0.25, 0.3) is 11.6 Å². The molecule has 1 unspecified atom stereocenters. The van der Waals surface area contributed by atoms with E-state index in [2.05, 4.69) is 16.5 Å². The van der Waals surface area contributed by atoms with Gasteiger partial charge in [-0.25, -0.2) is 4.68 Å². The summed E-state index contributed by atoms with van der Waals surface area (Å²) >= 11 is 0. The quantitative estimate of drug-likeness (QED) is 0.268. The Morgan fingerprint density at radius 3 is 2.62 bits per heavy atom. The lowest BCUT2D eigenvalue weighted by molar-refractivity contribution is -0.384. The highest BCUT2D eigenvalue weighted by Gasteiger charge is 2.36. The summed E-state index contributed by atoms with van der Waals surface area (Å²) in [5.74, 6) is -0.113. The molecule has 0 radical (unpaired) electrons.